The van der Waals surface area contributed by atoms with Gasteiger partial charge in [-0.15, -0.1) is 11.6 Å². The van der Waals surface area contributed by atoms with E-state index in [1.165, 1.54) is 0 Å². The Morgan fingerprint density at radius 2 is 2.06 bits per heavy atom. The van der Waals surface area contributed by atoms with Crippen LogP contribution in [0.2, 0.25) is 0 Å². The largest absolute Gasteiger partial charge is 0.271 e. The van der Waals surface area contributed by atoms with Crippen LogP contribution in [0.5, 0.6) is 0 Å². The Balaban J connectivity index is 2.21. The van der Waals surface area contributed by atoms with Crippen molar-refractivity contribution in [3.63, 3.8) is 0 Å². The minimum atomic E-state index is -3.50. The number of rotatable bonds is 5. The van der Waals surface area contributed by atoms with Gasteiger partial charge in [0.1, 0.15) is 4.90 Å². The molecular formula is C11H18ClN3O2S. The average Bonchev–Trinajstić information content (AvgIpc) is 3.01. The fraction of sp³-hybridized carbons (Fsp3) is 0.727. The van der Waals surface area contributed by atoms with Crippen LogP contribution >= 0.6 is 11.6 Å². The maximum atomic E-state index is 12.3. The number of aromatic nitrogens is 2. The van der Waals surface area contributed by atoms with Crippen molar-refractivity contribution in [2.45, 2.75) is 31.6 Å². The third kappa shape index (κ3) is 2.41. The molecule has 0 bridgehead atoms. The van der Waals surface area contributed by atoms with Crippen molar-refractivity contribution < 1.29 is 8.42 Å². The molecule has 18 heavy (non-hydrogen) atoms. The first-order valence-electron chi connectivity index (χ1n) is 5.87. The van der Waals surface area contributed by atoms with Gasteiger partial charge in [-0.25, -0.2) is 13.1 Å². The second-order valence-corrected chi connectivity index (χ2v) is 7.05. The van der Waals surface area contributed by atoms with E-state index < -0.39 is 10.0 Å². The number of hydrogen-bond acceptors (Lipinski definition) is 3. The SMILES string of the molecule is Cc1nn(C)c(C)c1S(=O)(=O)NCC1(CCl)CC1. The zero-order valence-electron chi connectivity index (χ0n) is 10.8. The van der Waals surface area contributed by atoms with Gasteiger partial charge in [-0.05, 0) is 32.1 Å². The molecule has 0 saturated heterocycles. The lowest BCUT2D eigenvalue weighted by Gasteiger charge is -2.13. The molecule has 0 atom stereocenters. The highest BCUT2D eigenvalue weighted by Crippen LogP contribution is 2.46. The third-order valence-corrected chi connectivity index (χ3v) is 5.81. The summed E-state index contributed by atoms with van der Waals surface area (Å²) in [4.78, 5) is 0.287. The molecule has 1 aliphatic rings. The van der Waals surface area contributed by atoms with E-state index >= 15 is 0 Å². The van der Waals surface area contributed by atoms with Gasteiger partial charge in [0.2, 0.25) is 10.0 Å². The molecule has 1 heterocycles. The van der Waals surface area contributed by atoms with Gasteiger partial charge in [0.05, 0.1) is 11.4 Å². The summed E-state index contributed by atoms with van der Waals surface area (Å²) in [6, 6.07) is 0. The molecule has 1 fully saturated rings. The summed E-state index contributed by atoms with van der Waals surface area (Å²) in [6.07, 6.45) is 1.98. The van der Waals surface area contributed by atoms with E-state index in [4.69, 9.17) is 11.6 Å². The van der Waals surface area contributed by atoms with Crippen LogP contribution < -0.4 is 4.72 Å². The maximum Gasteiger partial charge on any atom is 0.244 e. The van der Waals surface area contributed by atoms with Crippen molar-refractivity contribution in [1.29, 1.82) is 0 Å². The van der Waals surface area contributed by atoms with Crippen molar-refractivity contribution >= 4 is 21.6 Å². The topological polar surface area (TPSA) is 64.0 Å². The monoisotopic (exact) mass is 291 g/mol. The van der Waals surface area contributed by atoms with Crippen LogP contribution in [0.25, 0.3) is 0 Å². The summed E-state index contributed by atoms with van der Waals surface area (Å²) in [5.41, 5.74) is 1.15. The fourth-order valence-electron chi connectivity index (χ4n) is 2.00. The average molecular weight is 292 g/mol. The fourth-order valence-corrected chi connectivity index (χ4v) is 3.95. The van der Waals surface area contributed by atoms with Crippen molar-refractivity contribution in [2.75, 3.05) is 12.4 Å². The molecule has 0 amide bonds. The summed E-state index contributed by atoms with van der Waals surface area (Å²) in [5, 5.41) is 4.13. The van der Waals surface area contributed by atoms with E-state index in [0.29, 0.717) is 23.8 Å². The first kappa shape index (κ1) is 13.8. The van der Waals surface area contributed by atoms with E-state index in [2.05, 4.69) is 9.82 Å². The van der Waals surface area contributed by atoms with Crippen LogP contribution in [0, 0.1) is 19.3 Å². The molecule has 1 saturated carbocycles. The van der Waals surface area contributed by atoms with Crippen LogP contribution in [0.1, 0.15) is 24.2 Å². The summed E-state index contributed by atoms with van der Waals surface area (Å²) in [7, 11) is -1.76. The highest BCUT2D eigenvalue weighted by Gasteiger charge is 2.42. The first-order chi connectivity index (χ1) is 8.31. The molecule has 0 spiro atoms. The lowest BCUT2D eigenvalue weighted by Crippen LogP contribution is -2.31. The molecular weight excluding hydrogens is 274 g/mol. The number of nitrogens with zero attached hydrogens (tertiary/aromatic N) is 2. The Morgan fingerprint density at radius 1 is 1.44 bits per heavy atom. The Hall–Kier alpha value is -0.590. The molecule has 102 valence electrons. The van der Waals surface area contributed by atoms with Crippen molar-refractivity contribution in [3.8, 4) is 0 Å². The van der Waals surface area contributed by atoms with Gasteiger partial charge in [-0.3, -0.25) is 4.68 Å². The van der Waals surface area contributed by atoms with E-state index in [1.54, 1.807) is 25.6 Å². The van der Waals surface area contributed by atoms with E-state index in [9.17, 15) is 8.42 Å². The zero-order chi connectivity index (χ0) is 13.6. The summed E-state index contributed by atoms with van der Waals surface area (Å²) in [6.45, 7) is 3.87. The first-order valence-corrected chi connectivity index (χ1v) is 7.89. The zero-order valence-corrected chi connectivity index (χ0v) is 12.4. The molecule has 2 rings (SSSR count). The predicted octanol–water partition coefficient (Wildman–Crippen LogP) is 1.33. The maximum absolute atomic E-state index is 12.3. The van der Waals surface area contributed by atoms with Gasteiger partial charge in [0.25, 0.3) is 0 Å². The molecule has 5 nitrogen and oxygen atoms in total. The number of nitrogens with one attached hydrogen (secondary N) is 1. The minimum absolute atomic E-state index is 0.0291. The number of aryl methyl sites for hydroxylation is 2. The highest BCUT2D eigenvalue weighted by atomic mass is 35.5. The molecule has 0 aliphatic heterocycles. The highest BCUT2D eigenvalue weighted by molar-refractivity contribution is 7.89. The minimum Gasteiger partial charge on any atom is -0.271 e. The molecule has 1 aliphatic carbocycles. The second-order valence-electron chi connectivity index (χ2n) is 5.08. The molecule has 1 aromatic heterocycles. The second kappa shape index (κ2) is 4.51. The molecule has 0 unspecified atom stereocenters. The quantitative estimate of drug-likeness (QED) is 0.833. The Labute approximate surface area is 113 Å². The Kier molecular flexibility index (Phi) is 3.46. The Bertz CT molecular complexity index is 561. The number of halogens is 1. The summed E-state index contributed by atoms with van der Waals surface area (Å²) >= 11 is 5.85. The summed E-state index contributed by atoms with van der Waals surface area (Å²) in [5.74, 6) is 0.501. The van der Waals surface area contributed by atoms with Crippen LogP contribution in [-0.2, 0) is 17.1 Å². The molecule has 1 aromatic rings. The van der Waals surface area contributed by atoms with Gasteiger partial charge in [-0.2, -0.15) is 5.10 Å². The Morgan fingerprint density at radius 3 is 2.44 bits per heavy atom. The van der Waals surface area contributed by atoms with Crippen LogP contribution in [-0.4, -0.2) is 30.6 Å². The van der Waals surface area contributed by atoms with Crippen molar-refractivity contribution in [2.24, 2.45) is 12.5 Å². The number of hydrogen-bond donors (Lipinski definition) is 1. The van der Waals surface area contributed by atoms with E-state index in [-0.39, 0.29) is 10.3 Å². The van der Waals surface area contributed by atoms with Crippen molar-refractivity contribution in [3.05, 3.63) is 11.4 Å². The van der Waals surface area contributed by atoms with Gasteiger partial charge in [-0.1, -0.05) is 0 Å². The smallest absolute Gasteiger partial charge is 0.244 e. The molecule has 0 radical (unpaired) electrons. The number of sulfonamides is 1. The predicted molar refractivity (Wildman–Crippen MR) is 70.3 cm³/mol. The normalized spacial score (nSPS) is 18.0. The van der Waals surface area contributed by atoms with Gasteiger partial charge in [0.15, 0.2) is 0 Å². The lowest BCUT2D eigenvalue weighted by molar-refractivity contribution is 0.533. The standard InChI is InChI=1S/C11H18ClN3O2S/c1-8-10(9(2)15(3)14-8)18(16,17)13-7-11(6-12)4-5-11/h13H,4-7H2,1-3H3. The molecule has 7 heteroatoms. The van der Waals surface area contributed by atoms with Gasteiger partial charge < -0.3 is 0 Å². The van der Waals surface area contributed by atoms with Crippen LogP contribution in [0.3, 0.4) is 0 Å². The van der Waals surface area contributed by atoms with Gasteiger partial charge >= 0.3 is 0 Å². The summed E-state index contributed by atoms with van der Waals surface area (Å²) < 4.78 is 28.8. The number of alkyl halides is 1. The van der Waals surface area contributed by atoms with E-state index in [1.807, 2.05) is 0 Å². The lowest BCUT2D eigenvalue weighted by atomic mass is 10.1. The molecule has 1 N–H and O–H groups in total. The van der Waals surface area contributed by atoms with Crippen LogP contribution in [0.4, 0.5) is 0 Å². The van der Waals surface area contributed by atoms with E-state index in [0.717, 1.165) is 12.8 Å². The van der Waals surface area contributed by atoms with Crippen LogP contribution in [0.15, 0.2) is 4.90 Å². The molecule has 0 aromatic carbocycles. The third-order valence-electron chi connectivity index (χ3n) is 3.59. The van der Waals surface area contributed by atoms with Gasteiger partial charge in [0, 0.05) is 19.5 Å². The van der Waals surface area contributed by atoms with Crippen molar-refractivity contribution in [1.82, 2.24) is 14.5 Å².